The van der Waals surface area contributed by atoms with Gasteiger partial charge in [-0.25, -0.2) is 12.7 Å². The van der Waals surface area contributed by atoms with Crippen molar-refractivity contribution >= 4 is 15.7 Å². The monoisotopic (exact) mass is 283 g/mol. The van der Waals surface area contributed by atoms with Crippen LogP contribution >= 0.6 is 0 Å². The molecular formula is C13H21N3O2S. The summed E-state index contributed by atoms with van der Waals surface area (Å²) in [6.45, 7) is 3.22. The van der Waals surface area contributed by atoms with Crippen molar-refractivity contribution in [2.75, 3.05) is 25.5 Å². The van der Waals surface area contributed by atoms with Crippen molar-refractivity contribution in [2.45, 2.75) is 31.1 Å². The van der Waals surface area contributed by atoms with Crippen LogP contribution < -0.4 is 5.32 Å². The first kappa shape index (κ1) is 14.3. The van der Waals surface area contributed by atoms with Crippen LogP contribution in [0.3, 0.4) is 0 Å². The second-order valence-corrected chi connectivity index (χ2v) is 7.00. The van der Waals surface area contributed by atoms with Crippen molar-refractivity contribution in [3.05, 3.63) is 18.5 Å². The van der Waals surface area contributed by atoms with Gasteiger partial charge in [0.05, 0.1) is 5.69 Å². The van der Waals surface area contributed by atoms with E-state index in [4.69, 9.17) is 0 Å². The molecule has 2 rings (SSSR count). The van der Waals surface area contributed by atoms with E-state index in [1.807, 2.05) is 6.92 Å². The zero-order chi connectivity index (χ0) is 13.9. The van der Waals surface area contributed by atoms with Gasteiger partial charge in [0.25, 0.3) is 0 Å². The zero-order valence-electron chi connectivity index (χ0n) is 11.5. The van der Waals surface area contributed by atoms with Crippen molar-refractivity contribution in [1.82, 2.24) is 9.29 Å². The van der Waals surface area contributed by atoms with Crippen LogP contribution in [-0.4, -0.2) is 37.8 Å². The lowest BCUT2D eigenvalue weighted by Crippen LogP contribution is -2.34. The molecule has 0 atom stereocenters. The van der Waals surface area contributed by atoms with Crippen molar-refractivity contribution < 1.29 is 8.42 Å². The zero-order valence-corrected chi connectivity index (χ0v) is 12.3. The van der Waals surface area contributed by atoms with Gasteiger partial charge in [-0.15, -0.1) is 0 Å². The Morgan fingerprint density at radius 3 is 2.79 bits per heavy atom. The van der Waals surface area contributed by atoms with Gasteiger partial charge in [-0.3, -0.25) is 4.98 Å². The molecule has 0 saturated heterocycles. The van der Waals surface area contributed by atoms with E-state index in [0.29, 0.717) is 24.7 Å². The van der Waals surface area contributed by atoms with E-state index in [1.165, 1.54) is 16.9 Å². The molecule has 19 heavy (non-hydrogen) atoms. The van der Waals surface area contributed by atoms with Crippen LogP contribution in [-0.2, 0) is 10.0 Å². The van der Waals surface area contributed by atoms with Crippen LogP contribution in [0.1, 0.15) is 26.2 Å². The van der Waals surface area contributed by atoms with Crippen LogP contribution in [0.25, 0.3) is 0 Å². The van der Waals surface area contributed by atoms with Gasteiger partial charge >= 0.3 is 0 Å². The Hall–Kier alpha value is -1.14. The van der Waals surface area contributed by atoms with Crippen LogP contribution in [0.5, 0.6) is 0 Å². The highest BCUT2D eigenvalue weighted by atomic mass is 32.2. The summed E-state index contributed by atoms with van der Waals surface area (Å²) in [5, 5.41) is 3.07. The highest BCUT2D eigenvalue weighted by molar-refractivity contribution is 7.89. The first-order chi connectivity index (χ1) is 9.05. The largest absolute Gasteiger partial charge is 0.384 e. The lowest BCUT2D eigenvalue weighted by atomic mass is 9.86. The second-order valence-electron chi connectivity index (χ2n) is 4.98. The van der Waals surface area contributed by atoms with Crippen LogP contribution in [0, 0.1) is 5.92 Å². The van der Waals surface area contributed by atoms with Gasteiger partial charge in [0.15, 0.2) is 0 Å². The average Bonchev–Trinajstić information content (AvgIpc) is 2.34. The molecule has 1 saturated carbocycles. The molecule has 0 bridgehead atoms. The third kappa shape index (κ3) is 3.06. The van der Waals surface area contributed by atoms with Crippen LogP contribution in [0.2, 0.25) is 0 Å². The smallest absolute Gasteiger partial charge is 0.246 e. The summed E-state index contributed by atoms with van der Waals surface area (Å²) in [6, 6.07) is 1.70. The number of hydrogen-bond acceptors (Lipinski definition) is 4. The molecule has 0 amide bonds. The molecule has 0 aliphatic heterocycles. The fourth-order valence-corrected chi connectivity index (χ4v) is 3.58. The summed E-state index contributed by atoms with van der Waals surface area (Å²) in [6.07, 6.45) is 6.50. The molecule has 1 aliphatic carbocycles. The molecule has 6 heteroatoms. The predicted octanol–water partition coefficient (Wildman–Crippen LogP) is 1.93. The van der Waals surface area contributed by atoms with E-state index in [0.717, 1.165) is 12.8 Å². The number of pyridine rings is 1. The van der Waals surface area contributed by atoms with Gasteiger partial charge < -0.3 is 5.32 Å². The molecule has 1 fully saturated rings. The maximum atomic E-state index is 12.5. The Bertz CT molecular complexity index is 526. The molecule has 1 aromatic heterocycles. The van der Waals surface area contributed by atoms with Gasteiger partial charge in [-0.05, 0) is 31.7 Å². The topological polar surface area (TPSA) is 62.3 Å². The van der Waals surface area contributed by atoms with E-state index in [1.54, 1.807) is 19.3 Å². The normalized spacial score (nSPS) is 16.4. The fraction of sp³-hybridized carbons (Fsp3) is 0.615. The Kier molecular flexibility index (Phi) is 4.42. The number of sulfonamides is 1. The van der Waals surface area contributed by atoms with Gasteiger partial charge in [-0.1, -0.05) is 6.42 Å². The van der Waals surface area contributed by atoms with Crippen molar-refractivity contribution in [3.63, 3.8) is 0 Å². The molecule has 0 spiro atoms. The van der Waals surface area contributed by atoms with Crippen LogP contribution in [0.4, 0.5) is 5.69 Å². The van der Waals surface area contributed by atoms with Gasteiger partial charge in [0, 0.05) is 32.5 Å². The Morgan fingerprint density at radius 1 is 1.47 bits per heavy atom. The van der Waals surface area contributed by atoms with E-state index in [-0.39, 0.29) is 4.90 Å². The summed E-state index contributed by atoms with van der Waals surface area (Å²) >= 11 is 0. The van der Waals surface area contributed by atoms with Gasteiger partial charge in [0.2, 0.25) is 10.0 Å². The maximum Gasteiger partial charge on any atom is 0.246 e. The molecule has 1 aromatic rings. The highest BCUT2D eigenvalue weighted by Gasteiger charge is 2.28. The average molecular weight is 283 g/mol. The second kappa shape index (κ2) is 5.88. The van der Waals surface area contributed by atoms with Crippen LogP contribution in [0.15, 0.2) is 23.4 Å². The van der Waals surface area contributed by atoms with Crippen molar-refractivity contribution in [1.29, 1.82) is 0 Å². The van der Waals surface area contributed by atoms with E-state index in [9.17, 15) is 8.42 Å². The third-order valence-corrected chi connectivity index (χ3v) is 5.43. The standard InChI is InChI=1S/C13H21N3O2S/c1-3-15-12-7-8-14-9-13(12)19(17,18)16(2)10-11-5-4-6-11/h7-9,11H,3-6,10H2,1-2H3,(H,14,15). The number of nitrogens with zero attached hydrogens (tertiary/aromatic N) is 2. The predicted molar refractivity (Wildman–Crippen MR) is 75.6 cm³/mol. The summed E-state index contributed by atoms with van der Waals surface area (Å²) in [5.74, 6) is 0.513. The highest BCUT2D eigenvalue weighted by Crippen LogP contribution is 2.29. The van der Waals surface area contributed by atoms with E-state index >= 15 is 0 Å². The molecule has 5 nitrogen and oxygen atoms in total. The summed E-state index contributed by atoms with van der Waals surface area (Å²) < 4.78 is 26.6. The number of hydrogen-bond donors (Lipinski definition) is 1. The Labute approximate surface area is 115 Å². The minimum absolute atomic E-state index is 0.263. The fourth-order valence-electron chi connectivity index (χ4n) is 2.23. The third-order valence-electron chi connectivity index (χ3n) is 3.58. The number of rotatable bonds is 6. The molecule has 0 radical (unpaired) electrons. The quantitative estimate of drug-likeness (QED) is 0.866. The van der Waals surface area contributed by atoms with E-state index in [2.05, 4.69) is 10.3 Å². The molecule has 0 aromatic carbocycles. The lowest BCUT2D eigenvalue weighted by Gasteiger charge is -2.29. The summed E-state index contributed by atoms with van der Waals surface area (Å²) in [4.78, 5) is 4.21. The van der Waals surface area contributed by atoms with Crippen molar-refractivity contribution in [2.24, 2.45) is 5.92 Å². The Morgan fingerprint density at radius 2 is 2.21 bits per heavy atom. The first-order valence-corrected chi connectivity index (χ1v) is 8.14. The minimum Gasteiger partial charge on any atom is -0.384 e. The summed E-state index contributed by atoms with van der Waals surface area (Å²) in [7, 11) is -1.81. The molecule has 1 aliphatic rings. The molecule has 1 heterocycles. The lowest BCUT2D eigenvalue weighted by molar-refractivity contribution is 0.263. The Balaban J connectivity index is 2.22. The number of nitrogens with one attached hydrogen (secondary N) is 1. The summed E-state index contributed by atoms with van der Waals surface area (Å²) in [5.41, 5.74) is 0.623. The SMILES string of the molecule is CCNc1ccncc1S(=O)(=O)N(C)CC1CCC1. The first-order valence-electron chi connectivity index (χ1n) is 6.70. The van der Waals surface area contributed by atoms with E-state index < -0.39 is 10.0 Å². The minimum atomic E-state index is -3.45. The molecule has 106 valence electrons. The number of aromatic nitrogens is 1. The molecule has 0 unspecified atom stereocenters. The number of anilines is 1. The molecular weight excluding hydrogens is 262 g/mol. The maximum absolute atomic E-state index is 12.5. The van der Waals surface area contributed by atoms with Gasteiger partial charge in [-0.2, -0.15) is 0 Å². The molecule has 1 N–H and O–H groups in total. The van der Waals surface area contributed by atoms with Gasteiger partial charge in [0.1, 0.15) is 4.90 Å². The van der Waals surface area contributed by atoms with Crippen molar-refractivity contribution in [3.8, 4) is 0 Å².